The number of benzene rings is 1. The van der Waals surface area contributed by atoms with E-state index < -0.39 is 5.97 Å². The van der Waals surface area contributed by atoms with E-state index in [0.717, 1.165) is 6.42 Å². The third kappa shape index (κ3) is 3.98. The Morgan fingerprint density at radius 3 is 2.65 bits per heavy atom. The number of hydrogen-bond donors (Lipinski definition) is 1. The van der Waals surface area contributed by atoms with E-state index in [-0.39, 0.29) is 12.5 Å². The van der Waals surface area contributed by atoms with Crippen molar-refractivity contribution >= 4 is 5.97 Å². The largest absolute Gasteiger partial charge is 0.493 e. The predicted molar refractivity (Wildman–Crippen MR) is 64.7 cm³/mol. The Morgan fingerprint density at radius 1 is 1.41 bits per heavy atom. The lowest BCUT2D eigenvalue weighted by molar-refractivity contribution is -0.136. The molecule has 0 aromatic heterocycles. The molecule has 1 aromatic carbocycles. The molecule has 0 amide bonds. The molecule has 0 aliphatic heterocycles. The number of carboxylic acid groups (broad SMARTS) is 1. The number of carboxylic acids is 1. The van der Waals surface area contributed by atoms with Crippen molar-refractivity contribution in [2.24, 2.45) is 0 Å². The van der Waals surface area contributed by atoms with Crippen LogP contribution in [0.2, 0.25) is 0 Å². The van der Waals surface area contributed by atoms with Crippen LogP contribution in [0.4, 0.5) is 0 Å². The molecule has 17 heavy (non-hydrogen) atoms. The SMILES string of the molecule is CC[C@@H](C)Oc1ccc(CC(=O)O)cc1OC. The van der Waals surface area contributed by atoms with Crippen molar-refractivity contribution in [1.82, 2.24) is 0 Å². The number of carbonyl (C=O) groups is 1. The van der Waals surface area contributed by atoms with Crippen LogP contribution in [0.25, 0.3) is 0 Å². The smallest absolute Gasteiger partial charge is 0.307 e. The van der Waals surface area contributed by atoms with E-state index in [1.54, 1.807) is 25.3 Å². The second-order valence-corrected chi connectivity index (χ2v) is 3.89. The van der Waals surface area contributed by atoms with Crippen molar-refractivity contribution < 1.29 is 19.4 Å². The van der Waals surface area contributed by atoms with Gasteiger partial charge in [0.15, 0.2) is 11.5 Å². The molecular formula is C13H18O4. The summed E-state index contributed by atoms with van der Waals surface area (Å²) < 4.78 is 10.9. The Kier molecular flexibility index (Phi) is 4.82. The van der Waals surface area contributed by atoms with Gasteiger partial charge in [-0.3, -0.25) is 4.79 Å². The van der Waals surface area contributed by atoms with Gasteiger partial charge in [-0.25, -0.2) is 0 Å². The van der Waals surface area contributed by atoms with Crippen LogP contribution in [0.1, 0.15) is 25.8 Å². The molecule has 94 valence electrons. The summed E-state index contributed by atoms with van der Waals surface area (Å²) in [4.78, 5) is 10.6. The maximum Gasteiger partial charge on any atom is 0.307 e. The minimum Gasteiger partial charge on any atom is -0.493 e. The summed E-state index contributed by atoms with van der Waals surface area (Å²) >= 11 is 0. The third-order valence-electron chi connectivity index (χ3n) is 2.49. The first kappa shape index (κ1) is 13.4. The molecule has 1 rings (SSSR count). The summed E-state index contributed by atoms with van der Waals surface area (Å²) in [5.74, 6) is 0.364. The number of aliphatic carboxylic acids is 1. The number of hydrogen-bond acceptors (Lipinski definition) is 3. The van der Waals surface area contributed by atoms with E-state index in [1.807, 2.05) is 13.8 Å². The van der Waals surface area contributed by atoms with Gasteiger partial charge in [0.2, 0.25) is 0 Å². The van der Waals surface area contributed by atoms with Crippen molar-refractivity contribution in [3.8, 4) is 11.5 Å². The summed E-state index contributed by atoms with van der Waals surface area (Å²) in [5.41, 5.74) is 0.700. The molecule has 0 aliphatic carbocycles. The minimum atomic E-state index is -0.859. The fourth-order valence-electron chi connectivity index (χ4n) is 1.39. The molecule has 0 bridgehead atoms. The molecule has 4 nitrogen and oxygen atoms in total. The summed E-state index contributed by atoms with van der Waals surface area (Å²) in [5, 5.41) is 8.71. The molecule has 0 unspecified atom stereocenters. The lowest BCUT2D eigenvalue weighted by Crippen LogP contribution is -2.10. The van der Waals surface area contributed by atoms with Gasteiger partial charge in [0.25, 0.3) is 0 Å². The summed E-state index contributed by atoms with van der Waals surface area (Å²) in [6.07, 6.45) is 0.995. The quantitative estimate of drug-likeness (QED) is 0.827. The standard InChI is InChI=1S/C13H18O4/c1-4-9(2)17-11-6-5-10(8-13(14)15)7-12(11)16-3/h5-7,9H,4,8H2,1-3H3,(H,14,15)/t9-/m1/s1. The molecule has 0 radical (unpaired) electrons. The third-order valence-corrected chi connectivity index (χ3v) is 2.49. The summed E-state index contributed by atoms with van der Waals surface area (Å²) in [6, 6.07) is 5.20. The van der Waals surface area contributed by atoms with Crippen LogP contribution in [-0.2, 0) is 11.2 Å². The van der Waals surface area contributed by atoms with Gasteiger partial charge in [-0.05, 0) is 31.0 Å². The van der Waals surface area contributed by atoms with Crippen molar-refractivity contribution in [2.45, 2.75) is 32.8 Å². The molecule has 0 saturated heterocycles. The van der Waals surface area contributed by atoms with Crippen LogP contribution in [0.5, 0.6) is 11.5 Å². The number of ether oxygens (including phenoxy) is 2. The maximum absolute atomic E-state index is 10.6. The van der Waals surface area contributed by atoms with Crippen LogP contribution in [0.3, 0.4) is 0 Å². The molecule has 0 spiro atoms. The van der Waals surface area contributed by atoms with Gasteiger partial charge < -0.3 is 14.6 Å². The van der Waals surface area contributed by atoms with Crippen molar-refractivity contribution in [3.05, 3.63) is 23.8 Å². The van der Waals surface area contributed by atoms with Gasteiger partial charge in [0.05, 0.1) is 19.6 Å². The van der Waals surface area contributed by atoms with Gasteiger partial charge in [0, 0.05) is 0 Å². The van der Waals surface area contributed by atoms with Crippen molar-refractivity contribution in [1.29, 1.82) is 0 Å². The second kappa shape index (κ2) is 6.13. The Balaban J connectivity index is 2.88. The first-order chi connectivity index (χ1) is 8.06. The highest BCUT2D eigenvalue weighted by atomic mass is 16.5. The van der Waals surface area contributed by atoms with Gasteiger partial charge in [0.1, 0.15) is 0 Å². The van der Waals surface area contributed by atoms with Gasteiger partial charge in [-0.1, -0.05) is 13.0 Å². The van der Waals surface area contributed by atoms with E-state index in [1.165, 1.54) is 0 Å². The molecule has 1 N–H and O–H groups in total. The van der Waals surface area contributed by atoms with Gasteiger partial charge >= 0.3 is 5.97 Å². The molecule has 0 heterocycles. The van der Waals surface area contributed by atoms with Crippen molar-refractivity contribution in [3.63, 3.8) is 0 Å². The Labute approximate surface area is 101 Å². The lowest BCUT2D eigenvalue weighted by Gasteiger charge is -2.16. The van der Waals surface area contributed by atoms with Crippen LogP contribution in [0.15, 0.2) is 18.2 Å². The second-order valence-electron chi connectivity index (χ2n) is 3.89. The van der Waals surface area contributed by atoms with E-state index in [0.29, 0.717) is 17.1 Å². The van der Waals surface area contributed by atoms with E-state index >= 15 is 0 Å². The van der Waals surface area contributed by atoms with E-state index in [2.05, 4.69) is 0 Å². The molecular weight excluding hydrogens is 220 g/mol. The predicted octanol–water partition coefficient (Wildman–Crippen LogP) is 2.50. The van der Waals surface area contributed by atoms with E-state index in [4.69, 9.17) is 14.6 Å². The first-order valence-corrected chi connectivity index (χ1v) is 5.62. The van der Waals surface area contributed by atoms with Crippen LogP contribution in [0, 0.1) is 0 Å². The molecule has 0 fully saturated rings. The molecule has 0 saturated carbocycles. The molecule has 1 atom stereocenters. The Morgan fingerprint density at radius 2 is 2.12 bits per heavy atom. The molecule has 4 heteroatoms. The zero-order chi connectivity index (χ0) is 12.8. The van der Waals surface area contributed by atoms with Gasteiger partial charge in [-0.15, -0.1) is 0 Å². The topological polar surface area (TPSA) is 55.8 Å². The number of rotatable bonds is 6. The summed E-state index contributed by atoms with van der Waals surface area (Å²) in [6.45, 7) is 4.01. The first-order valence-electron chi connectivity index (χ1n) is 5.62. The normalized spacial score (nSPS) is 11.9. The summed E-state index contributed by atoms with van der Waals surface area (Å²) in [7, 11) is 1.54. The van der Waals surface area contributed by atoms with Crippen LogP contribution < -0.4 is 9.47 Å². The van der Waals surface area contributed by atoms with Crippen LogP contribution >= 0.6 is 0 Å². The van der Waals surface area contributed by atoms with Crippen molar-refractivity contribution in [2.75, 3.05) is 7.11 Å². The molecule has 1 aromatic rings. The fourth-order valence-corrected chi connectivity index (χ4v) is 1.39. The minimum absolute atomic E-state index is 0.0139. The Hall–Kier alpha value is -1.71. The Bertz CT molecular complexity index is 387. The van der Waals surface area contributed by atoms with Crippen LogP contribution in [-0.4, -0.2) is 24.3 Å². The average molecular weight is 238 g/mol. The fraction of sp³-hybridized carbons (Fsp3) is 0.462. The zero-order valence-corrected chi connectivity index (χ0v) is 10.4. The average Bonchev–Trinajstić information content (AvgIpc) is 2.30. The highest BCUT2D eigenvalue weighted by Gasteiger charge is 2.10. The van der Waals surface area contributed by atoms with Gasteiger partial charge in [-0.2, -0.15) is 0 Å². The lowest BCUT2D eigenvalue weighted by atomic mass is 10.1. The number of methoxy groups -OCH3 is 1. The molecule has 0 aliphatic rings. The monoisotopic (exact) mass is 238 g/mol. The van der Waals surface area contributed by atoms with E-state index in [9.17, 15) is 4.79 Å². The highest BCUT2D eigenvalue weighted by Crippen LogP contribution is 2.29. The highest BCUT2D eigenvalue weighted by molar-refractivity contribution is 5.70. The zero-order valence-electron chi connectivity index (χ0n) is 10.4. The maximum atomic E-state index is 10.6.